The number of hydrogen-bond donors (Lipinski definition) is 1. The van der Waals surface area contributed by atoms with E-state index in [1.165, 1.54) is 23.9 Å². The van der Waals surface area contributed by atoms with Gasteiger partial charge in [0.15, 0.2) is 0 Å². The fourth-order valence-electron chi connectivity index (χ4n) is 2.35. The highest BCUT2D eigenvalue weighted by Gasteiger charge is 2.09. The molecule has 0 fully saturated rings. The van der Waals surface area contributed by atoms with E-state index in [4.69, 9.17) is 4.74 Å². The smallest absolute Gasteiger partial charge is 0.269 e. The highest BCUT2D eigenvalue weighted by molar-refractivity contribution is 7.99. The molecule has 0 unspecified atom stereocenters. The van der Waals surface area contributed by atoms with Crippen molar-refractivity contribution in [1.29, 1.82) is 0 Å². The Bertz CT molecular complexity index is 956. The summed E-state index contributed by atoms with van der Waals surface area (Å²) in [4.78, 5) is 24.5. The summed E-state index contributed by atoms with van der Waals surface area (Å²) in [6, 6.07) is 20.6. The van der Waals surface area contributed by atoms with E-state index in [-0.39, 0.29) is 11.6 Å². The van der Waals surface area contributed by atoms with Crippen molar-refractivity contribution < 1.29 is 14.5 Å². The second-order valence-electron chi connectivity index (χ2n) is 5.56. The number of rotatable bonds is 6. The number of nitrogens with zero attached hydrogens (tertiary/aromatic N) is 1. The first-order chi connectivity index (χ1) is 13.0. The maximum atomic E-state index is 12.5. The molecule has 136 valence electrons. The highest BCUT2D eigenvalue weighted by atomic mass is 32.2. The van der Waals surface area contributed by atoms with Crippen molar-refractivity contribution in [2.45, 2.75) is 9.79 Å². The van der Waals surface area contributed by atoms with Crippen LogP contribution in [0.25, 0.3) is 0 Å². The zero-order valence-electron chi connectivity index (χ0n) is 14.4. The lowest BCUT2D eigenvalue weighted by atomic mass is 10.2. The molecule has 1 N–H and O–H groups in total. The van der Waals surface area contributed by atoms with E-state index < -0.39 is 4.92 Å². The predicted octanol–water partition coefficient (Wildman–Crippen LogP) is 5.01. The number of ether oxygens (including phenoxy) is 1. The Morgan fingerprint density at radius 2 is 1.70 bits per heavy atom. The molecule has 0 radical (unpaired) electrons. The Labute approximate surface area is 160 Å². The largest absolute Gasteiger partial charge is 0.497 e. The average molecular weight is 380 g/mol. The molecule has 3 aromatic rings. The first-order valence-corrected chi connectivity index (χ1v) is 8.84. The fourth-order valence-corrected chi connectivity index (χ4v) is 3.23. The van der Waals surface area contributed by atoms with Gasteiger partial charge >= 0.3 is 0 Å². The summed E-state index contributed by atoms with van der Waals surface area (Å²) in [5, 5.41) is 13.6. The van der Waals surface area contributed by atoms with E-state index in [0.717, 1.165) is 15.5 Å². The number of carbonyl (C=O) groups excluding carboxylic acids is 1. The van der Waals surface area contributed by atoms with E-state index in [9.17, 15) is 14.9 Å². The fraction of sp³-hybridized carbons (Fsp3) is 0.0500. The van der Waals surface area contributed by atoms with Crippen LogP contribution in [0.4, 0.5) is 11.4 Å². The van der Waals surface area contributed by atoms with E-state index in [0.29, 0.717) is 11.3 Å². The lowest BCUT2D eigenvalue weighted by Gasteiger charge is -2.08. The van der Waals surface area contributed by atoms with Crippen molar-refractivity contribution in [2.75, 3.05) is 12.4 Å². The second kappa shape index (κ2) is 8.37. The molecule has 0 saturated carbocycles. The zero-order valence-corrected chi connectivity index (χ0v) is 15.2. The number of methoxy groups -OCH3 is 1. The molecule has 6 nitrogen and oxygen atoms in total. The highest BCUT2D eigenvalue weighted by Crippen LogP contribution is 2.29. The minimum absolute atomic E-state index is 0.0481. The van der Waals surface area contributed by atoms with Crippen molar-refractivity contribution in [3.8, 4) is 5.75 Å². The van der Waals surface area contributed by atoms with Gasteiger partial charge < -0.3 is 10.1 Å². The Kier molecular flexibility index (Phi) is 5.73. The number of non-ortho nitro benzene ring substituents is 1. The quantitative estimate of drug-likeness (QED) is 0.480. The Balaban J connectivity index is 1.70. The molecule has 0 spiro atoms. The van der Waals surface area contributed by atoms with Crippen LogP contribution in [0.5, 0.6) is 5.75 Å². The first kappa shape index (κ1) is 18.5. The van der Waals surface area contributed by atoms with Gasteiger partial charge in [0, 0.05) is 33.2 Å². The molecule has 0 bridgehead atoms. The normalized spacial score (nSPS) is 10.3. The Morgan fingerprint density at radius 1 is 1.00 bits per heavy atom. The molecule has 7 heteroatoms. The first-order valence-electron chi connectivity index (χ1n) is 8.03. The van der Waals surface area contributed by atoms with Crippen LogP contribution in [-0.4, -0.2) is 17.9 Å². The van der Waals surface area contributed by atoms with Crippen LogP contribution in [0.1, 0.15) is 10.4 Å². The van der Waals surface area contributed by atoms with Gasteiger partial charge in [0.2, 0.25) is 0 Å². The summed E-state index contributed by atoms with van der Waals surface area (Å²) in [5.74, 6) is 0.501. The number of nitrogens with one attached hydrogen (secondary N) is 1. The molecule has 0 heterocycles. The minimum Gasteiger partial charge on any atom is -0.497 e. The number of carbonyl (C=O) groups is 1. The summed E-state index contributed by atoms with van der Waals surface area (Å²) in [6.07, 6.45) is 0. The van der Waals surface area contributed by atoms with E-state index in [2.05, 4.69) is 5.32 Å². The van der Waals surface area contributed by atoms with E-state index in [1.54, 1.807) is 61.7 Å². The minimum atomic E-state index is -0.432. The molecule has 3 aromatic carbocycles. The van der Waals surface area contributed by atoms with Gasteiger partial charge in [0.25, 0.3) is 11.6 Å². The van der Waals surface area contributed by atoms with Crippen LogP contribution in [0, 0.1) is 10.1 Å². The number of hydrogen-bond acceptors (Lipinski definition) is 5. The van der Waals surface area contributed by atoms with Crippen LogP contribution < -0.4 is 10.1 Å². The van der Waals surface area contributed by atoms with Crippen LogP contribution in [0.2, 0.25) is 0 Å². The maximum absolute atomic E-state index is 12.5. The third-order valence-electron chi connectivity index (χ3n) is 3.73. The van der Waals surface area contributed by atoms with Crippen molar-refractivity contribution in [2.24, 2.45) is 0 Å². The summed E-state index contributed by atoms with van der Waals surface area (Å²) >= 11 is 1.43. The molecule has 3 rings (SSSR count). The van der Waals surface area contributed by atoms with Gasteiger partial charge in [-0.1, -0.05) is 17.8 Å². The monoisotopic (exact) mass is 380 g/mol. The van der Waals surface area contributed by atoms with Gasteiger partial charge in [0.1, 0.15) is 5.75 Å². The SMILES string of the molecule is COc1ccc(NC(=O)c2cccc(Sc3ccc([N+](=O)[O-])cc3)c2)cc1. The van der Waals surface area contributed by atoms with Crippen LogP contribution >= 0.6 is 11.8 Å². The molecular formula is C20H16N2O4S. The molecular weight excluding hydrogens is 364 g/mol. The van der Waals surface area contributed by atoms with Crippen LogP contribution in [0.3, 0.4) is 0 Å². The molecule has 0 aliphatic carbocycles. The summed E-state index contributed by atoms with van der Waals surface area (Å²) in [6.45, 7) is 0. The zero-order chi connectivity index (χ0) is 19.2. The van der Waals surface area contributed by atoms with Gasteiger partial charge in [-0.15, -0.1) is 0 Å². The number of benzene rings is 3. The van der Waals surface area contributed by atoms with Gasteiger partial charge in [-0.25, -0.2) is 0 Å². The van der Waals surface area contributed by atoms with E-state index >= 15 is 0 Å². The van der Waals surface area contributed by atoms with Gasteiger partial charge in [-0.3, -0.25) is 14.9 Å². The van der Waals surface area contributed by atoms with Crippen molar-refractivity contribution in [3.05, 3.63) is 88.5 Å². The topological polar surface area (TPSA) is 81.5 Å². The second-order valence-corrected chi connectivity index (χ2v) is 6.71. The van der Waals surface area contributed by atoms with Crippen molar-refractivity contribution >= 4 is 29.0 Å². The van der Waals surface area contributed by atoms with E-state index in [1.807, 2.05) is 6.07 Å². The summed E-state index contributed by atoms with van der Waals surface area (Å²) in [7, 11) is 1.59. The molecule has 27 heavy (non-hydrogen) atoms. The van der Waals surface area contributed by atoms with Crippen molar-refractivity contribution in [3.63, 3.8) is 0 Å². The summed E-state index contributed by atoms with van der Waals surface area (Å²) in [5.41, 5.74) is 1.25. The molecule has 0 aliphatic heterocycles. The molecule has 0 aliphatic rings. The van der Waals surface area contributed by atoms with Gasteiger partial charge in [-0.05, 0) is 54.6 Å². The third-order valence-corrected chi connectivity index (χ3v) is 4.72. The molecule has 1 amide bonds. The van der Waals surface area contributed by atoms with Crippen LogP contribution in [-0.2, 0) is 0 Å². The lowest BCUT2D eigenvalue weighted by Crippen LogP contribution is -2.11. The lowest BCUT2D eigenvalue weighted by molar-refractivity contribution is -0.384. The van der Waals surface area contributed by atoms with Gasteiger partial charge in [0.05, 0.1) is 12.0 Å². The number of anilines is 1. The summed E-state index contributed by atoms with van der Waals surface area (Å²) < 4.78 is 5.10. The Morgan fingerprint density at radius 3 is 2.33 bits per heavy atom. The van der Waals surface area contributed by atoms with Gasteiger partial charge in [-0.2, -0.15) is 0 Å². The average Bonchev–Trinajstić information content (AvgIpc) is 2.69. The molecule has 0 atom stereocenters. The third kappa shape index (κ3) is 4.86. The molecule has 0 aromatic heterocycles. The maximum Gasteiger partial charge on any atom is 0.269 e. The predicted molar refractivity (Wildman–Crippen MR) is 105 cm³/mol. The number of nitro benzene ring substituents is 1. The number of amides is 1. The van der Waals surface area contributed by atoms with Crippen LogP contribution in [0.15, 0.2) is 82.6 Å². The number of nitro groups is 1. The molecule has 0 saturated heterocycles. The van der Waals surface area contributed by atoms with Crippen molar-refractivity contribution in [1.82, 2.24) is 0 Å². The standard InChI is InChI=1S/C20H16N2O4S/c1-26-17-9-5-15(6-10-17)21-20(23)14-3-2-4-19(13-14)27-18-11-7-16(8-12-18)22(24)25/h2-13H,1H3,(H,21,23). The Hall–Kier alpha value is -3.32.